The normalized spacial score (nSPS) is 14.9. The Bertz CT molecular complexity index is 767. The van der Waals surface area contributed by atoms with Gasteiger partial charge in [-0.05, 0) is 44.9 Å². The predicted molar refractivity (Wildman–Crippen MR) is 119 cm³/mol. The molecule has 7 nitrogen and oxygen atoms in total. The number of nitrogens with zero attached hydrogens (tertiary/aromatic N) is 5. The van der Waals surface area contributed by atoms with Crippen LogP contribution in [0, 0.1) is 20.8 Å². The smallest absolute Gasteiger partial charge is 0.248 e. The minimum atomic E-state index is 0. The number of anilines is 1. The lowest BCUT2D eigenvalue weighted by atomic mass is 10.1. The summed E-state index contributed by atoms with van der Waals surface area (Å²) in [5.41, 5.74) is 4.05. The van der Waals surface area contributed by atoms with Gasteiger partial charge < -0.3 is 19.6 Å². The highest BCUT2D eigenvalue weighted by Gasteiger charge is 2.21. The lowest BCUT2D eigenvalue weighted by Gasteiger charge is -2.38. The van der Waals surface area contributed by atoms with Gasteiger partial charge >= 0.3 is 0 Å². The van der Waals surface area contributed by atoms with Crippen molar-refractivity contribution >= 4 is 35.6 Å². The van der Waals surface area contributed by atoms with Crippen LogP contribution in [-0.4, -0.2) is 53.7 Å². The molecule has 148 valence electrons. The van der Waals surface area contributed by atoms with E-state index in [2.05, 4.69) is 69.2 Å². The number of aliphatic imine (C=N–C) groups is 1. The molecule has 0 radical (unpaired) electrons. The summed E-state index contributed by atoms with van der Waals surface area (Å²) in [6.45, 7) is 13.3. The van der Waals surface area contributed by atoms with Gasteiger partial charge in [-0.2, -0.15) is 4.98 Å². The largest absolute Gasteiger partial charge is 0.368 e. The third-order valence-corrected chi connectivity index (χ3v) is 4.76. The molecule has 1 aromatic heterocycles. The van der Waals surface area contributed by atoms with Crippen LogP contribution in [0.2, 0.25) is 0 Å². The Morgan fingerprint density at radius 2 is 1.93 bits per heavy atom. The first-order valence-electron chi connectivity index (χ1n) is 9.22. The summed E-state index contributed by atoms with van der Waals surface area (Å²) in [5, 5.41) is 7.19. The second-order valence-corrected chi connectivity index (χ2v) is 6.60. The van der Waals surface area contributed by atoms with Gasteiger partial charge in [-0.25, -0.2) is 4.99 Å². The van der Waals surface area contributed by atoms with Gasteiger partial charge in [-0.3, -0.25) is 0 Å². The number of aromatic nitrogens is 2. The highest BCUT2D eigenvalue weighted by Crippen LogP contribution is 2.23. The van der Waals surface area contributed by atoms with Gasteiger partial charge in [-0.1, -0.05) is 17.3 Å². The van der Waals surface area contributed by atoms with Crippen molar-refractivity contribution in [1.29, 1.82) is 0 Å². The second kappa shape index (κ2) is 9.91. The summed E-state index contributed by atoms with van der Waals surface area (Å²) in [7, 11) is 0. The lowest BCUT2D eigenvalue weighted by Crippen LogP contribution is -2.52. The van der Waals surface area contributed by atoms with E-state index in [-0.39, 0.29) is 24.0 Å². The van der Waals surface area contributed by atoms with E-state index in [0.717, 1.165) is 38.7 Å². The van der Waals surface area contributed by atoms with Gasteiger partial charge in [0.15, 0.2) is 11.8 Å². The maximum atomic E-state index is 5.16. The molecule has 0 amide bonds. The number of aryl methyl sites for hydroxylation is 2. The van der Waals surface area contributed by atoms with Crippen LogP contribution < -0.4 is 10.2 Å². The van der Waals surface area contributed by atoms with Crippen molar-refractivity contribution in [3.63, 3.8) is 0 Å². The monoisotopic (exact) mass is 484 g/mol. The quantitative estimate of drug-likeness (QED) is 0.409. The van der Waals surface area contributed by atoms with Crippen molar-refractivity contribution in [1.82, 2.24) is 20.4 Å². The zero-order chi connectivity index (χ0) is 18.5. The molecule has 1 aromatic carbocycles. The summed E-state index contributed by atoms with van der Waals surface area (Å²) in [6, 6.07) is 6.53. The first kappa shape index (κ1) is 21.5. The number of benzene rings is 1. The van der Waals surface area contributed by atoms with E-state index in [9.17, 15) is 0 Å². The molecular formula is C19H29IN6O. The van der Waals surface area contributed by atoms with E-state index >= 15 is 0 Å². The predicted octanol–water partition coefficient (Wildman–Crippen LogP) is 2.90. The van der Waals surface area contributed by atoms with Crippen molar-refractivity contribution in [3.05, 3.63) is 41.0 Å². The molecule has 0 aliphatic carbocycles. The Labute approximate surface area is 178 Å². The zero-order valence-electron chi connectivity index (χ0n) is 16.5. The number of halogens is 1. The molecule has 1 aliphatic rings. The van der Waals surface area contributed by atoms with E-state index in [1.807, 2.05) is 6.92 Å². The molecule has 3 rings (SSSR count). The van der Waals surface area contributed by atoms with Gasteiger partial charge in [0, 0.05) is 38.4 Å². The van der Waals surface area contributed by atoms with Gasteiger partial charge in [0.25, 0.3) is 0 Å². The average molecular weight is 484 g/mol. The van der Waals surface area contributed by atoms with Crippen LogP contribution in [0.15, 0.2) is 27.7 Å². The standard InChI is InChI=1S/C19H28N6O.HI/c1-5-20-19(21-13-18-22-16(4)23-26-18)25-11-9-24(10-12-25)17-8-6-7-14(2)15(17)3;/h6-8H,5,9-13H2,1-4H3,(H,20,21);1H. The maximum absolute atomic E-state index is 5.16. The van der Waals surface area contributed by atoms with Gasteiger partial charge in [0.2, 0.25) is 5.89 Å². The summed E-state index contributed by atoms with van der Waals surface area (Å²) in [5.74, 6) is 2.10. The second-order valence-electron chi connectivity index (χ2n) is 6.60. The Morgan fingerprint density at radius 1 is 1.19 bits per heavy atom. The Hall–Kier alpha value is -1.84. The Kier molecular flexibility index (Phi) is 7.88. The summed E-state index contributed by atoms with van der Waals surface area (Å²) in [4.78, 5) is 13.6. The van der Waals surface area contributed by atoms with E-state index in [1.165, 1.54) is 16.8 Å². The van der Waals surface area contributed by atoms with E-state index in [1.54, 1.807) is 0 Å². The van der Waals surface area contributed by atoms with Crippen molar-refractivity contribution in [2.75, 3.05) is 37.6 Å². The molecule has 0 atom stereocenters. The van der Waals surface area contributed by atoms with Crippen LogP contribution in [0.4, 0.5) is 5.69 Å². The molecular weight excluding hydrogens is 455 g/mol. The summed E-state index contributed by atoms with van der Waals surface area (Å²) < 4.78 is 5.16. The van der Waals surface area contributed by atoms with Gasteiger partial charge in [0.1, 0.15) is 6.54 Å². The van der Waals surface area contributed by atoms with Crippen molar-refractivity contribution in [2.45, 2.75) is 34.2 Å². The minimum Gasteiger partial charge on any atom is -0.368 e. The van der Waals surface area contributed by atoms with Crippen molar-refractivity contribution in [2.24, 2.45) is 4.99 Å². The van der Waals surface area contributed by atoms with E-state index in [0.29, 0.717) is 18.3 Å². The van der Waals surface area contributed by atoms with Crippen LogP contribution in [0.5, 0.6) is 0 Å². The fraction of sp³-hybridized carbons (Fsp3) is 0.526. The van der Waals surface area contributed by atoms with Crippen LogP contribution >= 0.6 is 24.0 Å². The third kappa shape index (κ3) is 5.33. The number of nitrogens with one attached hydrogen (secondary N) is 1. The number of rotatable bonds is 4. The number of hydrogen-bond donors (Lipinski definition) is 1. The first-order valence-corrected chi connectivity index (χ1v) is 9.22. The van der Waals surface area contributed by atoms with Crippen molar-refractivity contribution < 1.29 is 4.52 Å². The molecule has 1 fully saturated rings. The van der Waals surface area contributed by atoms with Crippen LogP contribution in [0.1, 0.15) is 29.8 Å². The fourth-order valence-corrected chi connectivity index (χ4v) is 3.21. The molecule has 1 saturated heterocycles. The molecule has 0 saturated carbocycles. The number of guanidine groups is 1. The SMILES string of the molecule is CCNC(=NCc1nc(C)no1)N1CCN(c2cccc(C)c2C)CC1.I. The molecule has 0 unspecified atom stereocenters. The minimum absolute atomic E-state index is 0. The first-order chi connectivity index (χ1) is 12.6. The number of hydrogen-bond acceptors (Lipinski definition) is 5. The molecule has 27 heavy (non-hydrogen) atoms. The van der Waals surface area contributed by atoms with Gasteiger partial charge in [-0.15, -0.1) is 24.0 Å². The van der Waals surface area contributed by atoms with E-state index in [4.69, 9.17) is 4.52 Å². The Morgan fingerprint density at radius 3 is 2.56 bits per heavy atom. The highest BCUT2D eigenvalue weighted by atomic mass is 127. The van der Waals surface area contributed by atoms with Crippen LogP contribution in [0.25, 0.3) is 0 Å². The Balaban J connectivity index is 0.00000261. The highest BCUT2D eigenvalue weighted by molar-refractivity contribution is 14.0. The van der Waals surface area contributed by atoms with Gasteiger partial charge in [0.05, 0.1) is 0 Å². The van der Waals surface area contributed by atoms with Crippen LogP contribution in [-0.2, 0) is 6.54 Å². The zero-order valence-corrected chi connectivity index (χ0v) is 18.9. The molecule has 1 aliphatic heterocycles. The average Bonchev–Trinajstić information content (AvgIpc) is 3.06. The molecule has 0 spiro atoms. The summed E-state index contributed by atoms with van der Waals surface area (Å²) >= 11 is 0. The van der Waals surface area contributed by atoms with Crippen molar-refractivity contribution in [3.8, 4) is 0 Å². The third-order valence-electron chi connectivity index (χ3n) is 4.76. The molecule has 2 aromatic rings. The number of piperazine rings is 1. The molecule has 8 heteroatoms. The van der Waals surface area contributed by atoms with Crippen LogP contribution in [0.3, 0.4) is 0 Å². The maximum Gasteiger partial charge on any atom is 0.248 e. The molecule has 0 bridgehead atoms. The topological polar surface area (TPSA) is 69.8 Å². The summed E-state index contributed by atoms with van der Waals surface area (Å²) in [6.07, 6.45) is 0. The van der Waals surface area contributed by atoms with E-state index < -0.39 is 0 Å². The molecule has 2 heterocycles. The molecule has 1 N–H and O–H groups in total. The lowest BCUT2D eigenvalue weighted by molar-refractivity contribution is 0.363. The fourth-order valence-electron chi connectivity index (χ4n) is 3.21.